The summed E-state index contributed by atoms with van der Waals surface area (Å²) in [4.78, 5) is 20.3. The van der Waals surface area contributed by atoms with Crippen LogP contribution in [-0.2, 0) is 9.59 Å². The number of amides is 1. The molecule has 15 heavy (non-hydrogen) atoms. The second-order valence-corrected chi connectivity index (χ2v) is 2.49. The number of carbonyl (C=O) groups excluding carboxylic acids is 1. The Morgan fingerprint density at radius 1 is 1.33 bits per heavy atom. The Balaban J connectivity index is 4.21. The number of hydrogen-bond acceptors (Lipinski definition) is 3. The molecular weight excluding hydrogens is 226 g/mol. The topological polar surface area (TPSA) is 86.6 Å². The number of aliphatic carboxylic acids is 1. The molecule has 0 heterocycles. The number of aliphatic hydroxyl groups is 1. The van der Waals surface area contributed by atoms with Crippen molar-refractivity contribution in [1.29, 1.82) is 0 Å². The first kappa shape index (κ1) is 13.6. The molecule has 0 fully saturated rings. The SMILES string of the molecule is O=C(O)[C@@H](O)CNC(=O)C(F)(F)C(F)F. The Bertz CT molecular complexity index is 258. The average molecular weight is 233 g/mol. The molecule has 0 aromatic carbocycles. The normalized spacial score (nSPS) is 13.7. The lowest BCUT2D eigenvalue weighted by molar-refractivity contribution is -0.170. The predicted octanol–water partition coefficient (Wildman–Crippen LogP) is -0.551. The van der Waals surface area contributed by atoms with Crippen molar-refractivity contribution in [2.24, 2.45) is 0 Å². The van der Waals surface area contributed by atoms with Gasteiger partial charge in [-0.1, -0.05) is 0 Å². The van der Waals surface area contributed by atoms with E-state index < -0.39 is 36.9 Å². The van der Waals surface area contributed by atoms with Gasteiger partial charge in [0.1, 0.15) is 0 Å². The van der Waals surface area contributed by atoms with E-state index in [0.717, 1.165) is 0 Å². The number of nitrogens with one attached hydrogen (secondary N) is 1. The van der Waals surface area contributed by atoms with E-state index in [4.69, 9.17) is 10.2 Å². The summed E-state index contributed by atoms with van der Waals surface area (Å²) in [6.07, 6.45) is -6.32. The molecule has 0 saturated heterocycles. The van der Waals surface area contributed by atoms with Gasteiger partial charge in [0.25, 0.3) is 5.91 Å². The molecule has 0 unspecified atom stereocenters. The molecule has 0 saturated carbocycles. The molecule has 0 aliphatic carbocycles. The molecule has 3 N–H and O–H groups in total. The molecule has 0 rings (SSSR count). The van der Waals surface area contributed by atoms with E-state index in [1.165, 1.54) is 5.32 Å². The van der Waals surface area contributed by atoms with Crippen LogP contribution in [-0.4, -0.2) is 47.1 Å². The molecule has 0 aromatic heterocycles. The lowest BCUT2D eigenvalue weighted by Crippen LogP contribution is -2.48. The van der Waals surface area contributed by atoms with Crippen LogP contribution < -0.4 is 5.32 Å². The highest BCUT2D eigenvalue weighted by Gasteiger charge is 2.48. The Morgan fingerprint density at radius 3 is 2.13 bits per heavy atom. The summed E-state index contributed by atoms with van der Waals surface area (Å²) < 4.78 is 47.5. The number of hydrogen-bond donors (Lipinski definition) is 3. The van der Waals surface area contributed by atoms with Crippen molar-refractivity contribution in [1.82, 2.24) is 5.32 Å². The molecule has 0 radical (unpaired) electrons. The van der Waals surface area contributed by atoms with E-state index in [-0.39, 0.29) is 0 Å². The molecule has 9 heteroatoms. The van der Waals surface area contributed by atoms with Crippen molar-refractivity contribution in [2.75, 3.05) is 6.54 Å². The van der Waals surface area contributed by atoms with Crippen molar-refractivity contribution < 1.29 is 37.4 Å². The molecule has 5 nitrogen and oxygen atoms in total. The Morgan fingerprint density at radius 2 is 1.80 bits per heavy atom. The van der Waals surface area contributed by atoms with Crippen molar-refractivity contribution >= 4 is 11.9 Å². The first-order valence-electron chi connectivity index (χ1n) is 3.54. The number of carboxylic acids is 1. The summed E-state index contributed by atoms with van der Waals surface area (Å²) in [7, 11) is 0. The second kappa shape index (κ2) is 4.91. The van der Waals surface area contributed by atoms with Gasteiger partial charge in [0.05, 0.1) is 6.54 Å². The minimum atomic E-state index is -4.90. The number of carboxylic acid groups (broad SMARTS) is 1. The maximum Gasteiger partial charge on any atom is 0.383 e. The fourth-order valence-corrected chi connectivity index (χ4v) is 0.494. The van der Waals surface area contributed by atoms with Crippen LogP contribution in [0.5, 0.6) is 0 Å². The molecule has 0 aliphatic rings. The molecular formula is C6H7F4NO4. The highest BCUT2D eigenvalue weighted by Crippen LogP contribution is 2.22. The zero-order valence-electron chi connectivity index (χ0n) is 7.08. The highest BCUT2D eigenvalue weighted by molar-refractivity contribution is 5.84. The third kappa shape index (κ3) is 3.70. The van der Waals surface area contributed by atoms with E-state index in [0.29, 0.717) is 0 Å². The van der Waals surface area contributed by atoms with Crippen molar-refractivity contribution in [3.05, 3.63) is 0 Å². The maximum atomic E-state index is 12.2. The van der Waals surface area contributed by atoms with Gasteiger partial charge in [0.2, 0.25) is 0 Å². The zero-order valence-corrected chi connectivity index (χ0v) is 7.08. The lowest BCUT2D eigenvalue weighted by Gasteiger charge is -2.15. The van der Waals surface area contributed by atoms with Gasteiger partial charge in [-0.05, 0) is 0 Å². The predicted molar refractivity (Wildman–Crippen MR) is 37.6 cm³/mol. The van der Waals surface area contributed by atoms with Crippen LogP contribution in [0.15, 0.2) is 0 Å². The van der Waals surface area contributed by atoms with E-state index in [9.17, 15) is 27.2 Å². The van der Waals surface area contributed by atoms with Crippen LogP contribution >= 0.6 is 0 Å². The third-order valence-electron chi connectivity index (χ3n) is 1.32. The van der Waals surface area contributed by atoms with E-state index in [1.807, 2.05) is 0 Å². The van der Waals surface area contributed by atoms with Crippen LogP contribution in [0, 0.1) is 0 Å². The minimum Gasteiger partial charge on any atom is -0.479 e. The van der Waals surface area contributed by atoms with Gasteiger partial charge in [-0.2, -0.15) is 8.78 Å². The summed E-state index contributed by atoms with van der Waals surface area (Å²) >= 11 is 0. The Kier molecular flexibility index (Phi) is 4.46. The smallest absolute Gasteiger partial charge is 0.383 e. The number of halogens is 4. The summed E-state index contributed by atoms with van der Waals surface area (Å²) in [5.74, 6) is -9.01. The molecule has 1 atom stereocenters. The van der Waals surface area contributed by atoms with E-state index in [1.54, 1.807) is 0 Å². The Hall–Kier alpha value is -1.38. The van der Waals surface area contributed by atoms with Gasteiger partial charge in [0, 0.05) is 0 Å². The molecule has 0 spiro atoms. The van der Waals surface area contributed by atoms with Gasteiger partial charge >= 0.3 is 18.3 Å². The van der Waals surface area contributed by atoms with Crippen molar-refractivity contribution in [3.63, 3.8) is 0 Å². The highest BCUT2D eigenvalue weighted by atomic mass is 19.3. The van der Waals surface area contributed by atoms with Gasteiger partial charge in [-0.15, -0.1) is 0 Å². The van der Waals surface area contributed by atoms with Crippen LogP contribution in [0.4, 0.5) is 17.6 Å². The van der Waals surface area contributed by atoms with Crippen molar-refractivity contribution in [3.8, 4) is 0 Å². The van der Waals surface area contributed by atoms with Gasteiger partial charge in [-0.25, -0.2) is 13.6 Å². The van der Waals surface area contributed by atoms with Crippen LogP contribution in [0.1, 0.15) is 0 Å². The lowest BCUT2D eigenvalue weighted by atomic mass is 10.3. The van der Waals surface area contributed by atoms with Gasteiger partial charge < -0.3 is 15.5 Å². The summed E-state index contributed by atoms with van der Waals surface area (Å²) in [5, 5.41) is 17.8. The zero-order chi connectivity index (χ0) is 12.2. The Labute approximate surface area is 80.7 Å². The standard InChI is InChI=1S/C6H7F4NO4/c7-4(8)6(9,10)5(15)11-1-2(12)3(13)14/h2,4,12H,1H2,(H,11,15)(H,13,14)/t2-/m0/s1. The summed E-state index contributed by atoms with van der Waals surface area (Å²) in [5.41, 5.74) is 0. The average Bonchev–Trinajstić information content (AvgIpc) is 2.12. The monoisotopic (exact) mass is 233 g/mol. The quantitative estimate of drug-likeness (QED) is 0.556. The van der Waals surface area contributed by atoms with Crippen LogP contribution in [0.25, 0.3) is 0 Å². The molecule has 0 aromatic rings. The minimum absolute atomic E-state index is 1.07. The molecule has 0 bridgehead atoms. The van der Waals surface area contributed by atoms with E-state index >= 15 is 0 Å². The number of rotatable bonds is 5. The molecule has 0 aliphatic heterocycles. The van der Waals surface area contributed by atoms with Crippen molar-refractivity contribution in [2.45, 2.75) is 18.5 Å². The van der Waals surface area contributed by atoms with Crippen LogP contribution in [0.2, 0.25) is 0 Å². The van der Waals surface area contributed by atoms with Gasteiger partial charge in [0.15, 0.2) is 6.10 Å². The first-order valence-corrected chi connectivity index (χ1v) is 3.54. The van der Waals surface area contributed by atoms with Crippen LogP contribution in [0.3, 0.4) is 0 Å². The maximum absolute atomic E-state index is 12.2. The summed E-state index contributed by atoms with van der Waals surface area (Å²) in [6.45, 7) is -1.07. The third-order valence-corrected chi connectivity index (χ3v) is 1.32. The number of aliphatic hydroxyl groups excluding tert-OH is 1. The molecule has 1 amide bonds. The second-order valence-electron chi connectivity index (χ2n) is 2.49. The number of alkyl halides is 4. The van der Waals surface area contributed by atoms with Gasteiger partial charge in [-0.3, -0.25) is 4.79 Å². The summed E-state index contributed by atoms with van der Waals surface area (Å²) in [6, 6.07) is 0. The van der Waals surface area contributed by atoms with E-state index in [2.05, 4.69) is 0 Å². The molecule has 88 valence electrons. The fourth-order valence-electron chi connectivity index (χ4n) is 0.494. The first-order chi connectivity index (χ1) is 6.69. The fraction of sp³-hybridized carbons (Fsp3) is 0.667. The number of carbonyl (C=O) groups is 2. The largest absolute Gasteiger partial charge is 0.479 e.